The second-order valence-electron chi connectivity index (χ2n) is 7.18. The molecular formula is C18H25NO5S. The molecule has 4 heterocycles. The Morgan fingerprint density at radius 1 is 1.24 bits per heavy atom. The summed E-state index contributed by atoms with van der Waals surface area (Å²) in [6, 6.07) is 1.85. The highest BCUT2D eigenvalue weighted by Gasteiger charge is 2.43. The Hall–Kier alpha value is -0.990. The van der Waals surface area contributed by atoms with Gasteiger partial charge in [-0.05, 0) is 30.9 Å². The van der Waals surface area contributed by atoms with Crippen molar-refractivity contribution in [1.29, 1.82) is 0 Å². The van der Waals surface area contributed by atoms with Crippen molar-refractivity contribution in [2.75, 3.05) is 52.7 Å². The maximum Gasteiger partial charge on any atom is 0.345 e. The summed E-state index contributed by atoms with van der Waals surface area (Å²) in [4.78, 5) is 15.4. The maximum atomic E-state index is 11.3. The normalized spacial score (nSPS) is 24.8. The lowest BCUT2D eigenvalue weighted by Crippen LogP contribution is -2.47. The van der Waals surface area contributed by atoms with E-state index >= 15 is 0 Å². The van der Waals surface area contributed by atoms with E-state index < -0.39 is 5.97 Å². The molecule has 0 bridgehead atoms. The minimum absolute atomic E-state index is 0.279. The van der Waals surface area contributed by atoms with Crippen LogP contribution in [-0.4, -0.2) is 68.6 Å². The molecule has 3 aliphatic heterocycles. The van der Waals surface area contributed by atoms with Gasteiger partial charge in [0.05, 0.1) is 33.0 Å². The van der Waals surface area contributed by atoms with Crippen LogP contribution in [0.25, 0.3) is 0 Å². The number of ether oxygens (including phenoxy) is 3. The van der Waals surface area contributed by atoms with Gasteiger partial charge in [-0.25, -0.2) is 4.79 Å². The number of hydrogen-bond donors (Lipinski definition) is 1. The number of rotatable bonds is 3. The molecule has 6 nitrogen and oxygen atoms in total. The summed E-state index contributed by atoms with van der Waals surface area (Å²) in [7, 11) is 0. The highest BCUT2D eigenvalue weighted by Crippen LogP contribution is 2.45. The van der Waals surface area contributed by atoms with Crippen LogP contribution in [0.3, 0.4) is 0 Å². The molecule has 2 saturated heterocycles. The van der Waals surface area contributed by atoms with Gasteiger partial charge < -0.3 is 24.2 Å². The fourth-order valence-electron chi connectivity index (χ4n) is 4.13. The van der Waals surface area contributed by atoms with E-state index in [9.17, 15) is 9.90 Å². The van der Waals surface area contributed by atoms with Crippen LogP contribution in [0.4, 0.5) is 0 Å². The molecule has 1 aromatic heterocycles. The van der Waals surface area contributed by atoms with Crippen LogP contribution in [0.5, 0.6) is 0 Å². The van der Waals surface area contributed by atoms with Crippen molar-refractivity contribution in [3.63, 3.8) is 0 Å². The zero-order valence-corrected chi connectivity index (χ0v) is 15.2. The first-order chi connectivity index (χ1) is 12.2. The van der Waals surface area contributed by atoms with E-state index in [0.29, 0.717) is 30.6 Å². The fraction of sp³-hybridized carbons (Fsp3) is 0.722. The van der Waals surface area contributed by atoms with Crippen molar-refractivity contribution in [3.8, 4) is 0 Å². The predicted molar refractivity (Wildman–Crippen MR) is 93.4 cm³/mol. The lowest BCUT2D eigenvalue weighted by atomic mass is 9.85. The summed E-state index contributed by atoms with van der Waals surface area (Å²) in [6.45, 7) is 6.55. The number of nitrogens with zero attached hydrogens (tertiary/aromatic N) is 1. The largest absolute Gasteiger partial charge is 0.477 e. The monoisotopic (exact) mass is 367 g/mol. The van der Waals surface area contributed by atoms with Gasteiger partial charge in [-0.3, -0.25) is 0 Å². The van der Waals surface area contributed by atoms with Gasteiger partial charge in [0.15, 0.2) is 0 Å². The molecule has 0 amide bonds. The Bertz CT molecular complexity index is 615. The summed E-state index contributed by atoms with van der Waals surface area (Å²) in [5, 5.41) is 9.31. The highest BCUT2D eigenvalue weighted by molar-refractivity contribution is 7.14. The first kappa shape index (κ1) is 17.4. The lowest BCUT2D eigenvalue weighted by molar-refractivity contribution is -0.0974. The molecule has 4 rings (SSSR count). The molecule has 7 heteroatoms. The lowest BCUT2D eigenvalue weighted by Gasteiger charge is -2.44. The molecule has 1 spiro atoms. The molecule has 25 heavy (non-hydrogen) atoms. The zero-order valence-electron chi connectivity index (χ0n) is 14.4. The quantitative estimate of drug-likeness (QED) is 0.881. The highest BCUT2D eigenvalue weighted by atomic mass is 32.1. The minimum atomic E-state index is -0.833. The van der Waals surface area contributed by atoms with Crippen LogP contribution < -0.4 is 0 Å². The van der Waals surface area contributed by atoms with Gasteiger partial charge in [-0.2, -0.15) is 0 Å². The molecule has 3 aliphatic rings. The van der Waals surface area contributed by atoms with Crippen LogP contribution in [0.15, 0.2) is 6.07 Å². The van der Waals surface area contributed by atoms with Gasteiger partial charge in [0.25, 0.3) is 0 Å². The number of aromatic carboxylic acids is 1. The van der Waals surface area contributed by atoms with Crippen molar-refractivity contribution in [2.24, 2.45) is 5.92 Å². The Balaban J connectivity index is 1.42. The first-order valence-electron chi connectivity index (χ1n) is 9.04. The van der Waals surface area contributed by atoms with Crippen molar-refractivity contribution < 1.29 is 24.1 Å². The summed E-state index contributed by atoms with van der Waals surface area (Å²) >= 11 is 1.41. The van der Waals surface area contributed by atoms with Gasteiger partial charge >= 0.3 is 5.97 Å². The second-order valence-corrected chi connectivity index (χ2v) is 8.23. The number of thiophene rings is 1. The summed E-state index contributed by atoms with van der Waals surface area (Å²) in [6.07, 6.45) is 2.67. The third-order valence-electron chi connectivity index (χ3n) is 5.44. The summed E-state index contributed by atoms with van der Waals surface area (Å²) in [5.74, 6) is -0.403. The molecule has 1 N–H and O–H groups in total. The number of carbonyl (C=O) groups is 1. The summed E-state index contributed by atoms with van der Waals surface area (Å²) in [5.41, 5.74) is 0.895. The van der Waals surface area contributed by atoms with E-state index in [0.717, 1.165) is 57.0 Å². The molecule has 2 fully saturated rings. The van der Waals surface area contributed by atoms with E-state index in [-0.39, 0.29) is 5.60 Å². The van der Waals surface area contributed by atoms with Crippen LogP contribution >= 0.6 is 11.3 Å². The van der Waals surface area contributed by atoms with Gasteiger partial charge in [0, 0.05) is 30.4 Å². The average Bonchev–Trinajstić information content (AvgIpc) is 2.91. The summed E-state index contributed by atoms with van der Waals surface area (Å²) < 4.78 is 17.4. The predicted octanol–water partition coefficient (Wildman–Crippen LogP) is 1.97. The SMILES string of the molecule is O=C(O)c1cc2c(s1)C1(CCN(CC3COCCOC3)CC1)OCC2. The van der Waals surface area contributed by atoms with E-state index in [1.165, 1.54) is 16.9 Å². The van der Waals surface area contributed by atoms with Gasteiger partial charge in [-0.15, -0.1) is 11.3 Å². The number of piperidine rings is 1. The van der Waals surface area contributed by atoms with Crippen LogP contribution in [0.2, 0.25) is 0 Å². The Kier molecular flexibility index (Phi) is 5.11. The maximum absolute atomic E-state index is 11.3. The molecule has 1 aromatic rings. The standard InChI is InChI=1S/C18H25NO5S/c20-17(21)15-9-14-1-6-24-18(16(14)25-15)2-4-19(5-3-18)10-13-11-22-7-8-23-12-13/h9,13H,1-8,10-12H2,(H,20,21). The van der Waals surface area contributed by atoms with Crippen molar-refractivity contribution in [3.05, 3.63) is 21.4 Å². The Morgan fingerprint density at radius 2 is 1.96 bits per heavy atom. The molecule has 0 aromatic carbocycles. The fourth-order valence-corrected chi connectivity index (χ4v) is 5.38. The number of carboxylic acids is 1. The van der Waals surface area contributed by atoms with E-state index in [4.69, 9.17) is 14.2 Å². The molecule has 0 unspecified atom stereocenters. The Morgan fingerprint density at radius 3 is 2.64 bits per heavy atom. The van der Waals surface area contributed by atoms with Crippen LogP contribution in [0, 0.1) is 5.92 Å². The smallest absolute Gasteiger partial charge is 0.345 e. The van der Waals surface area contributed by atoms with E-state index in [1.54, 1.807) is 0 Å². The number of likely N-dealkylation sites (tertiary alicyclic amines) is 1. The average molecular weight is 367 g/mol. The van der Waals surface area contributed by atoms with Crippen molar-refractivity contribution >= 4 is 17.3 Å². The first-order valence-corrected chi connectivity index (χ1v) is 9.86. The number of carboxylic acid groups (broad SMARTS) is 1. The van der Waals surface area contributed by atoms with E-state index in [2.05, 4.69) is 4.90 Å². The molecule has 0 saturated carbocycles. The van der Waals surface area contributed by atoms with Gasteiger partial charge in [0.1, 0.15) is 10.5 Å². The van der Waals surface area contributed by atoms with Crippen LogP contribution in [-0.2, 0) is 26.2 Å². The van der Waals surface area contributed by atoms with Gasteiger partial charge in [-0.1, -0.05) is 0 Å². The number of fused-ring (bicyclic) bond motifs is 2. The second kappa shape index (κ2) is 7.32. The molecule has 0 atom stereocenters. The molecule has 138 valence electrons. The van der Waals surface area contributed by atoms with Crippen molar-refractivity contribution in [2.45, 2.75) is 24.9 Å². The molecular weight excluding hydrogens is 342 g/mol. The zero-order chi connectivity index (χ0) is 17.3. The molecule has 0 radical (unpaired) electrons. The number of hydrogen-bond acceptors (Lipinski definition) is 6. The van der Waals surface area contributed by atoms with Crippen molar-refractivity contribution in [1.82, 2.24) is 4.90 Å². The minimum Gasteiger partial charge on any atom is -0.477 e. The van der Waals surface area contributed by atoms with Gasteiger partial charge in [0.2, 0.25) is 0 Å². The third kappa shape index (κ3) is 3.61. The third-order valence-corrected chi connectivity index (χ3v) is 6.79. The van der Waals surface area contributed by atoms with Crippen LogP contribution in [0.1, 0.15) is 33.0 Å². The Labute approximate surface area is 151 Å². The molecule has 0 aliphatic carbocycles. The topological polar surface area (TPSA) is 68.2 Å². The van der Waals surface area contributed by atoms with E-state index in [1.807, 2.05) is 6.07 Å².